The van der Waals surface area contributed by atoms with Gasteiger partial charge in [0.1, 0.15) is 0 Å². The first-order valence-electron chi connectivity index (χ1n) is 2.05. The average Bonchev–Trinajstić information content (AvgIpc) is 1.68. The molecule has 0 aliphatic heterocycles. The van der Waals surface area contributed by atoms with Gasteiger partial charge in [-0.15, -0.1) is 0 Å². The first kappa shape index (κ1) is 6.89. The first-order valence-corrected chi connectivity index (χ1v) is 2.84. The molecule has 0 bridgehead atoms. The smallest absolute Gasteiger partial charge is 0.0347 e. The Kier molecular flexibility index (Phi) is 4.00. The minimum absolute atomic E-state index is 1.02. The molecule has 40 valence electrons. The van der Waals surface area contributed by atoms with Gasteiger partial charge in [-0.3, -0.25) is 4.99 Å². The molecule has 0 spiro atoms. The summed E-state index contributed by atoms with van der Waals surface area (Å²) < 4.78 is 1.02. The van der Waals surface area contributed by atoms with Crippen LogP contribution in [0, 0.1) is 0 Å². The van der Waals surface area contributed by atoms with Crippen molar-refractivity contribution in [2.75, 3.05) is 7.05 Å². The summed E-state index contributed by atoms with van der Waals surface area (Å²) in [5.74, 6) is 0. The second-order valence-corrected chi connectivity index (χ2v) is 1.98. The highest BCUT2D eigenvalue weighted by Gasteiger charge is 1.74. The standard InChI is InChI=1S/C5H8BrN/c1-3-5(6)4-7-2/h3-4H,1-2H3/b5-3+,7-4?. The zero-order valence-electron chi connectivity index (χ0n) is 4.48. The molecule has 0 aromatic heterocycles. The number of allylic oxidation sites excluding steroid dienone is 2. The van der Waals surface area contributed by atoms with Crippen LogP contribution in [0.25, 0.3) is 0 Å². The number of aliphatic imine (C=N–C) groups is 1. The minimum Gasteiger partial charge on any atom is -0.295 e. The third-order valence-electron chi connectivity index (χ3n) is 0.528. The molecular weight excluding hydrogens is 154 g/mol. The molecule has 0 unspecified atom stereocenters. The third-order valence-corrected chi connectivity index (χ3v) is 1.19. The number of nitrogens with zero attached hydrogens (tertiary/aromatic N) is 1. The van der Waals surface area contributed by atoms with Crippen molar-refractivity contribution in [1.82, 2.24) is 0 Å². The lowest BCUT2D eigenvalue weighted by Gasteiger charge is -1.78. The van der Waals surface area contributed by atoms with Gasteiger partial charge in [0.05, 0.1) is 0 Å². The topological polar surface area (TPSA) is 12.4 Å². The summed E-state index contributed by atoms with van der Waals surface area (Å²) in [4.78, 5) is 3.77. The van der Waals surface area contributed by atoms with Crippen molar-refractivity contribution in [1.29, 1.82) is 0 Å². The fourth-order valence-corrected chi connectivity index (χ4v) is 0.403. The van der Waals surface area contributed by atoms with Crippen molar-refractivity contribution >= 4 is 22.1 Å². The van der Waals surface area contributed by atoms with E-state index in [1.54, 1.807) is 13.3 Å². The van der Waals surface area contributed by atoms with Crippen LogP contribution in [0.4, 0.5) is 0 Å². The highest BCUT2D eigenvalue weighted by molar-refractivity contribution is 9.12. The molecule has 0 rings (SSSR count). The number of hydrogen-bond donors (Lipinski definition) is 0. The molecule has 0 N–H and O–H groups in total. The van der Waals surface area contributed by atoms with Crippen molar-refractivity contribution in [3.8, 4) is 0 Å². The highest BCUT2D eigenvalue weighted by atomic mass is 79.9. The summed E-state index contributed by atoms with van der Waals surface area (Å²) >= 11 is 3.25. The summed E-state index contributed by atoms with van der Waals surface area (Å²) in [5, 5.41) is 0. The van der Waals surface area contributed by atoms with Crippen molar-refractivity contribution in [3.05, 3.63) is 10.6 Å². The predicted molar refractivity (Wildman–Crippen MR) is 37.1 cm³/mol. The zero-order chi connectivity index (χ0) is 5.70. The molecule has 0 radical (unpaired) electrons. The van der Waals surface area contributed by atoms with Gasteiger partial charge in [-0.2, -0.15) is 0 Å². The Balaban J connectivity index is 3.58. The van der Waals surface area contributed by atoms with Gasteiger partial charge in [-0.25, -0.2) is 0 Å². The van der Waals surface area contributed by atoms with Crippen LogP contribution in [0.5, 0.6) is 0 Å². The SMILES string of the molecule is C/C=C(/Br)C=NC. The molecule has 0 amide bonds. The van der Waals surface area contributed by atoms with E-state index in [1.165, 1.54) is 0 Å². The molecule has 1 nitrogen and oxygen atoms in total. The van der Waals surface area contributed by atoms with Gasteiger partial charge in [0.2, 0.25) is 0 Å². The van der Waals surface area contributed by atoms with Gasteiger partial charge in [-0.1, -0.05) is 6.08 Å². The van der Waals surface area contributed by atoms with E-state index in [2.05, 4.69) is 20.9 Å². The summed E-state index contributed by atoms with van der Waals surface area (Å²) in [6, 6.07) is 0. The van der Waals surface area contributed by atoms with Crippen LogP contribution in [0.15, 0.2) is 15.6 Å². The van der Waals surface area contributed by atoms with Crippen LogP contribution in [0.2, 0.25) is 0 Å². The molecule has 0 saturated carbocycles. The second-order valence-electron chi connectivity index (χ2n) is 1.06. The Morgan fingerprint density at radius 1 is 1.71 bits per heavy atom. The van der Waals surface area contributed by atoms with Gasteiger partial charge in [-0.05, 0) is 22.9 Å². The lowest BCUT2D eigenvalue weighted by atomic mass is 10.6. The quantitative estimate of drug-likeness (QED) is 0.522. The monoisotopic (exact) mass is 161 g/mol. The van der Waals surface area contributed by atoms with E-state index in [0.717, 1.165) is 4.48 Å². The Morgan fingerprint density at radius 3 is 2.43 bits per heavy atom. The maximum atomic E-state index is 3.77. The average molecular weight is 162 g/mol. The molecule has 0 aromatic carbocycles. The van der Waals surface area contributed by atoms with Crippen LogP contribution in [-0.2, 0) is 0 Å². The molecule has 7 heavy (non-hydrogen) atoms. The summed E-state index contributed by atoms with van der Waals surface area (Å²) in [5.41, 5.74) is 0. The van der Waals surface area contributed by atoms with E-state index in [9.17, 15) is 0 Å². The van der Waals surface area contributed by atoms with E-state index in [1.807, 2.05) is 13.0 Å². The maximum absolute atomic E-state index is 3.77. The highest BCUT2D eigenvalue weighted by Crippen LogP contribution is 1.97. The van der Waals surface area contributed by atoms with Gasteiger partial charge in [0.25, 0.3) is 0 Å². The normalized spacial score (nSPS) is 13.3. The minimum atomic E-state index is 1.02. The maximum Gasteiger partial charge on any atom is 0.0347 e. The fraction of sp³-hybridized carbons (Fsp3) is 0.400. The van der Waals surface area contributed by atoms with E-state index in [0.29, 0.717) is 0 Å². The van der Waals surface area contributed by atoms with Gasteiger partial charge < -0.3 is 0 Å². The molecular formula is C5H8BrN. The van der Waals surface area contributed by atoms with Crippen LogP contribution < -0.4 is 0 Å². The van der Waals surface area contributed by atoms with E-state index < -0.39 is 0 Å². The van der Waals surface area contributed by atoms with Crippen molar-refractivity contribution in [2.24, 2.45) is 4.99 Å². The summed E-state index contributed by atoms with van der Waals surface area (Å²) in [6.07, 6.45) is 3.69. The van der Waals surface area contributed by atoms with Crippen LogP contribution in [0.3, 0.4) is 0 Å². The molecule has 0 aliphatic carbocycles. The summed E-state index contributed by atoms with van der Waals surface area (Å²) in [7, 11) is 1.74. The zero-order valence-corrected chi connectivity index (χ0v) is 6.07. The van der Waals surface area contributed by atoms with E-state index in [-0.39, 0.29) is 0 Å². The second kappa shape index (κ2) is 4.06. The van der Waals surface area contributed by atoms with Crippen LogP contribution >= 0.6 is 15.9 Å². The molecule has 0 atom stereocenters. The van der Waals surface area contributed by atoms with Crippen LogP contribution in [0.1, 0.15) is 6.92 Å². The van der Waals surface area contributed by atoms with Crippen molar-refractivity contribution in [3.63, 3.8) is 0 Å². The fourth-order valence-electron chi connectivity index (χ4n) is 0.198. The first-order chi connectivity index (χ1) is 3.31. The Labute approximate surface area is 52.3 Å². The third kappa shape index (κ3) is 3.73. The molecule has 0 saturated heterocycles. The molecule has 0 fully saturated rings. The van der Waals surface area contributed by atoms with Crippen LogP contribution in [-0.4, -0.2) is 13.3 Å². The molecule has 0 aliphatic rings. The summed E-state index contributed by atoms with van der Waals surface area (Å²) in [6.45, 7) is 1.95. The largest absolute Gasteiger partial charge is 0.295 e. The van der Waals surface area contributed by atoms with E-state index in [4.69, 9.17) is 0 Å². The number of hydrogen-bond acceptors (Lipinski definition) is 1. The predicted octanol–water partition coefficient (Wildman–Crippen LogP) is 1.99. The lowest BCUT2D eigenvalue weighted by Crippen LogP contribution is -1.67. The van der Waals surface area contributed by atoms with Gasteiger partial charge in [0.15, 0.2) is 0 Å². The lowest BCUT2D eigenvalue weighted by molar-refractivity contribution is 1.47. The van der Waals surface area contributed by atoms with Crippen molar-refractivity contribution < 1.29 is 0 Å². The number of halogens is 1. The molecule has 0 heterocycles. The number of rotatable bonds is 1. The van der Waals surface area contributed by atoms with Crippen molar-refractivity contribution in [2.45, 2.75) is 6.92 Å². The Hall–Kier alpha value is -0.110. The van der Waals surface area contributed by atoms with Gasteiger partial charge >= 0.3 is 0 Å². The Bertz CT molecular complexity index is 94.3. The van der Waals surface area contributed by atoms with E-state index >= 15 is 0 Å². The molecule has 2 heteroatoms. The molecule has 0 aromatic rings. The van der Waals surface area contributed by atoms with Gasteiger partial charge in [0, 0.05) is 17.7 Å². The Morgan fingerprint density at radius 2 is 2.29 bits per heavy atom.